The van der Waals surface area contributed by atoms with Crippen molar-refractivity contribution in [1.82, 2.24) is 9.97 Å². The molecule has 0 saturated heterocycles. The minimum absolute atomic E-state index is 0.0873. The molecule has 0 amide bonds. The van der Waals surface area contributed by atoms with E-state index < -0.39 is 0 Å². The lowest BCUT2D eigenvalue weighted by molar-refractivity contribution is 0.415. The van der Waals surface area contributed by atoms with Crippen molar-refractivity contribution in [1.29, 1.82) is 0 Å². The highest BCUT2D eigenvalue weighted by Gasteiger charge is 2.06. The molecule has 4 heteroatoms. The second-order valence-corrected chi connectivity index (χ2v) is 3.88. The molecule has 0 fully saturated rings. The fourth-order valence-electron chi connectivity index (χ4n) is 1.68. The van der Waals surface area contributed by atoms with Crippen molar-refractivity contribution in [2.45, 2.75) is 19.4 Å². The molecule has 0 aliphatic heterocycles. The van der Waals surface area contributed by atoms with Crippen LogP contribution in [0.25, 0.3) is 10.9 Å². The molecular weight excluding hydrogens is 202 g/mol. The zero-order valence-corrected chi connectivity index (χ0v) is 9.47. The number of rotatable bonds is 3. The van der Waals surface area contributed by atoms with Crippen LogP contribution in [0.3, 0.4) is 0 Å². The van der Waals surface area contributed by atoms with E-state index in [-0.39, 0.29) is 6.04 Å². The van der Waals surface area contributed by atoms with Gasteiger partial charge in [0.2, 0.25) is 0 Å². The second-order valence-electron chi connectivity index (χ2n) is 3.88. The molecule has 4 nitrogen and oxygen atoms in total. The molecule has 0 radical (unpaired) electrons. The lowest BCUT2D eigenvalue weighted by Crippen LogP contribution is -2.18. The van der Waals surface area contributed by atoms with Crippen LogP contribution < -0.4 is 10.5 Å². The smallest absolute Gasteiger partial charge is 0.119 e. The first-order valence-corrected chi connectivity index (χ1v) is 5.24. The number of benzene rings is 1. The normalized spacial score (nSPS) is 12.7. The Labute approximate surface area is 94.5 Å². The molecule has 84 valence electrons. The van der Waals surface area contributed by atoms with Gasteiger partial charge >= 0.3 is 0 Å². The lowest BCUT2D eigenvalue weighted by Gasteiger charge is -2.08. The molecule has 1 heterocycles. The molecule has 0 bridgehead atoms. The fourth-order valence-corrected chi connectivity index (χ4v) is 1.68. The first-order chi connectivity index (χ1) is 7.70. The molecule has 0 aliphatic rings. The monoisotopic (exact) mass is 217 g/mol. The molecule has 1 aromatic carbocycles. The summed E-state index contributed by atoms with van der Waals surface area (Å²) in [4.78, 5) is 8.49. The standard InChI is InChI=1S/C12H15N3O/c1-8(13)5-12-10-6-9(16-2)3-4-11(10)14-7-15-12/h3-4,6-8H,5,13H2,1-2H3. The summed E-state index contributed by atoms with van der Waals surface area (Å²) < 4.78 is 5.20. The first kappa shape index (κ1) is 10.8. The van der Waals surface area contributed by atoms with Crippen molar-refractivity contribution < 1.29 is 4.74 Å². The number of hydrogen-bond donors (Lipinski definition) is 1. The molecule has 2 aromatic rings. The van der Waals surface area contributed by atoms with Gasteiger partial charge in [0.25, 0.3) is 0 Å². The minimum Gasteiger partial charge on any atom is -0.497 e. The zero-order valence-electron chi connectivity index (χ0n) is 9.47. The van der Waals surface area contributed by atoms with E-state index in [4.69, 9.17) is 10.5 Å². The Morgan fingerprint density at radius 1 is 1.38 bits per heavy atom. The Morgan fingerprint density at radius 2 is 2.19 bits per heavy atom. The van der Waals surface area contributed by atoms with E-state index in [0.29, 0.717) is 0 Å². The fraction of sp³-hybridized carbons (Fsp3) is 0.333. The average molecular weight is 217 g/mol. The molecular formula is C12H15N3O. The van der Waals surface area contributed by atoms with Gasteiger partial charge < -0.3 is 10.5 Å². The van der Waals surface area contributed by atoms with Gasteiger partial charge in [0.05, 0.1) is 18.3 Å². The predicted molar refractivity (Wildman–Crippen MR) is 63.4 cm³/mol. The summed E-state index contributed by atoms with van der Waals surface area (Å²) >= 11 is 0. The van der Waals surface area contributed by atoms with Crippen molar-refractivity contribution in [2.75, 3.05) is 7.11 Å². The van der Waals surface area contributed by atoms with Crippen LogP contribution in [0.15, 0.2) is 24.5 Å². The number of ether oxygens (including phenoxy) is 1. The highest BCUT2D eigenvalue weighted by Crippen LogP contribution is 2.21. The van der Waals surface area contributed by atoms with Crippen molar-refractivity contribution >= 4 is 10.9 Å². The van der Waals surface area contributed by atoms with E-state index in [0.717, 1.165) is 28.8 Å². The third kappa shape index (κ3) is 2.12. The maximum Gasteiger partial charge on any atom is 0.119 e. The van der Waals surface area contributed by atoms with Crippen molar-refractivity contribution in [3.05, 3.63) is 30.2 Å². The average Bonchev–Trinajstić information content (AvgIpc) is 2.28. The number of hydrogen-bond acceptors (Lipinski definition) is 4. The van der Waals surface area contributed by atoms with E-state index in [1.54, 1.807) is 13.4 Å². The van der Waals surface area contributed by atoms with Crippen LogP contribution in [0.1, 0.15) is 12.6 Å². The lowest BCUT2D eigenvalue weighted by atomic mass is 10.1. The number of aromatic nitrogens is 2. The Kier molecular flexibility index (Phi) is 3.01. The van der Waals surface area contributed by atoms with Crippen LogP contribution in [0, 0.1) is 0 Å². The Bertz CT molecular complexity index is 497. The first-order valence-electron chi connectivity index (χ1n) is 5.24. The van der Waals surface area contributed by atoms with Crippen LogP contribution in [-0.2, 0) is 6.42 Å². The van der Waals surface area contributed by atoms with Crippen molar-refractivity contribution in [2.24, 2.45) is 5.73 Å². The molecule has 0 aliphatic carbocycles. The van der Waals surface area contributed by atoms with Gasteiger partial charge in [0.15, 0.2) is 0 Å². The molecule has 1 atom stereocenters. The van der Waals surface area contributed by atoms with E-state index in [9.17, 15) is 0 Å². The van der Waals surface area contributed by atoms with E-state index in [1.165, 1.54) is 0 Å². The maximum atomic E-state index is 5.79. The van der Waals surface area contributed by atoms with Crippen LogP contribution in [-0.4, -0.2) is 23.1 Å². The third-order valence-electron chi connectivity index (χ3n) is 2.44. The van der Waals surface area contributed by atoms with Crippen molar-refractivity contribution in [3.8, 4) is 5.75 Å². The Morgan fingerprint density at radius 3 is 2.88 bits per heavy atom. The summed E-state index contributed by atoms with van der Waals surface area (Å²) in [6.45, 7) is 1.97. The highest BCUT2D eigenvalue weighted by molar-refractivity contribution is 5.82. The van der Waals surface area contributed by atoms with E-state index in [1.807, 2.05) is 25.1 Å². The summed E-state index contributed by atoms with van der Waals surface area (Å²) in [5, 5.41) is 1.01. The second kappa shape index (κ2) is 4.45. The SMILES string of the molecule is COc1ccc2ncnc(CC(C)N)c2c1. The Hall–Kier alpha value is -1.68. The molecule has 2 rings (SSSR count). The number of nitrogens with two attached hydrogens (primary N) is 1. The molecule has 1 aromatic heterocycles. The van der Waals surface area contributed by atoms with Crippen LogP contribution >= 0.6 is 0 Å². The molecule has 16 heavy (non-hydrogen) atoms. The number of nitrogens with zero attached hydrogens (tertiary/aromatic N) is 2. The summed E-state index contributed by atoms with van der Waals surface area (Å²) in [6, 6.07) is 5.86. The van der Waals surface area contributed by atoms with E-state index in [2.05, 4.69) is 9.97 Å². The number of methoxy groups -OCH3 is 1. The van der Waals surface area contributed by atoms with Gasteiger partial charge in [-0.2, -0.15) is 0 Å². The van der Waals surface area contributed by atoms with E-state index >= 15 is 0 Å². The molecule has 1 unspecified atom stereocenters. The topological polar surface area (TPSA) is 61.0 Å². The van der Waals surface area contributed by atoms with Crippen LogP contribution in [0.5, 0.6) is 5.75 Å². The third-order valence-corrected chi connectivity index (χ3v) is 2.44. The van der Waals surface area contributed by atoms with Gasteiger partial charge in [-0.1, -0.05) is 0 Å². The van der Waals surface area contributed by atoms with Gasteiger partial charge in [-0.05, 0) is 25.1 Å². The van der Waals surface area contributed by atoms with Gasteiger partial charge in [-0.25, -0.2) is 9.97 Å². The van der Waals surface area contributed by atoms with Crippen LogP contribution in [0.4, 0.5) is 0 Å². The zero-order chi connectivity index (χ0) is 11.5. The summed E-state index contributed by atoms with van der Waals surface area (Å²) in [5.74, 6) is 0.813. The largest absolute Gasteiger partial charge is 0.497 e. The predicted octanol–water partition coefficient (Wildman–Crippen LogP) is 1.53. The van der Waals surface area contributed by atoms with Gasteiger partial charge in [0.1, 0.15) is 12.1 Å². The van der Waals surface area contributed by atoms with Gasteiger partial charge in [-0.3, -0.25) is 0 Å². The minimum atomic E-state index is 0.0873. The summed E-state index contributed by atoms with van der Waals surface area (Å²) in [6.07, 6.45) is 2.32. The molecule has 0 saturated carbocycles. The van der Waals surface area contributed by atoms with Crippen molar-refractivity contribution in [3.63, 3.8) is 0 Å². The molecule has 2 N–H and O–H groups in total. The quantitative estimate of drug-likeness (QED) is 0.847. The van der Waals surface area contributed by atoms with Gasteiger partial charge in [-0.15, -0.1) is 0 Å². The summed E-state index contributed by atoms with van der Waals surface area (Å²) in [7, 11) is 1.65. The maximum absolute atomic E-state index is 5.79. The summed E-state index contributed by atoms with van der Waals surface area (Å²) in [5.41, 5.74) is 7.69. The number of fused-ring (bicyclic) bond motifs is 1. The van der Waals surface area contributed by atoms with Crippen LogP contribution in [0.2, 0.25) is 0 Å². The molecule has 0 spiro atoms. The highest BCUT2D eigenvalue weighted by atomic mass is 16.5. The van der Waals surface area contributed by atoms with Gasteiger partial charge in [0, 0.05) is 17.8 Å². The Balaban J connectivity index is 2.55.